The Hall–Kier alpha value is -10.6. The summed E-state index contributed by atoms with van der Waals surface area (Å²) in [5.41, 5.74) is 27.1. The summed E-state index contributed by atoms with van der Waals surface area (Å²) in [6.07, 6.45) is 14.1. The monoisotopic (exact) mass is 1500 g/mol. The predicted octanol–water partition coefficient (Wildman–Crippen LogP) is 23.4. The zero-order valence-corrected chi connectivity index (χ0v) is 69.3. The molecule has 11 heterocycles. The average molecular weight is 1500 g/mol. The second-order valence-electron chi connectivity index (χ2n) is 32.1. The van der Waals surface area contributed by atoms with E-state index < -0.39 is 0 Å². The molecule has 0 aliphatic carbocycles. The fourth-order valence-corrected chi connectivity index (χ4v) is 13.2. The van der Waals surface area contributed by atoms with E-state index in [4.69, 9.17) is 14.2 Å². The van der Waals surface area contributed by atoms with Gasteiger partial charge in [0.25, 0.3) is 0 Å². The normalized spacial score (nSPS) is 13.5. The number of hydrogen-bond donors (Lipinski definition) is 9. The molecule has 12 aromatic rings. The van der Waals surface area contributed by atoms with Crippen LogP contribution in [-0.2, 0) is 19.3 Å². The molecule has 0 amide bonds. The van der Waals surface area contributed by atoms with Crippen molar-refractivity contribution >= 4 is 67.2 Å². The van der Waals surface area contributed by atoms with Crippen molar-refractivity contribution in [3.05, 3.63) is 237 Å². The number of anilines is 6. The Balaban J connectivity index is 0.000000133. The summed E-state index contributed by atoms with van der Waals surface area (Å²) in [5, 5.41) is 35.7. The molecule has 111 heavy (non-hydrogen) atoms. The predicted molar refractivity (Wildman–Crippen MR) is 468 cm³/mol. The van der Waals surface area contributed by atoms with Gasteiger partial charge in [0.15, 0.2) is 23.9 Å². The zero-order valence-electron chi connectivity index (χ0n) is 69.3. The van der Waals surface area contributed by atoms with Crippen LogP contribution in [-0.4, -0.2) is 93.0 Å². The molecule has 9 N–H and O–H groups in total. The third-order valence-corrected chi connectivity index (χ3v) is 20.7. The lowest BCUT2D eigenvalue weighted by atomic mass is 9.96. The van der Waals surface area contributed by atoms with Crippen LogP contribution in [0.25, 0.3) is 33.0 Å². The summed E-state index contributed by atoms with van der Waals surface area (Å²) in [4.78, 5) is 15.8. The molecule has 7 aromatic carbocycles. The Kier molecular flexibility index (Phi) is 30.2. The van der Waals surface area contributed by atoms with Crippen LogP contribution < -0.4 is 46.1 Å². The van der Waals surface area contributed by atoms with Crippen LogP contribution in [0.4, 0.5) is 34.3 Å². The van der Waals surface area contributed by atoms with E-state index >= 15 is 0 Å². The number of hydrogen-bond acceptors (Lipinski definition) is 14. The molecule has 0 radical (unpaired) electrons. The number of fused-ring (bicyclic) bond motifs is 9. The molecular formula is C94H124N14O3. The molecule has 588 valence electrons. The Bertz CT molecular complexity index is 4400. The molecule has 0 saturated heterocycles. The number of ether oxygens (including phenoxy) is 3. The van der Waals surface area contributed by atoms with Gasteiger partial charge in [-0.2, -0.15) is 10.2 Å². The van der Waals surface area contributed by atoms with Gasteiger partial charge in [-0.15, -0.1) is 0 Å². The first-order chi connectivity index (χ1) is 53.4. The maximum atomic E-state index is 5.55. The lowest BCUT2D eigenvalue weighted by Crippen LogP contribution is -2.19. The average Bonchev–Trinajstić information content (AvgIpc) is 1.77. The maximum Gasteiger partial charge on any atom is 0.168 e. The minimum Gasteiger partial charge on any atom is -0.490 e. The Labute approximate surface area is 660 Å². The largest absolute Gasteiger partial charge is 0.490 e. The standard InChI is InChI=1S/C12H17N.C11H15NO.2C11H15N.C10H14N2O.2C10H12N2.C10H13NO.C9H11N3/c1-9(2)10-5-6-12-11(8-10)4-3-7-13-12;1-8(2)9-3-4-10-11(7-9)13-6-5-12-10;2*1-8(2)9-3-4-11-10(7-9)5-6-12-11;1-7(2)8-5-9-10(12-6-8)11-3-4-13-9;1-7(2)8-3-4-10-9(5-8)6-11-12-10;2*1-7(2)8-3-4-9-10(5-8)12-6-11-9;1-6(2)7-3-8-5-11-12-9(8)10-4-7/h5-6,8-9,13H,3-4,7H2,1-2H3;3-4,7-8,12H,5-6H2,1-2H3;2*3-4,7-8,12H,5-6H2,1-2H3;5-7H,3-4H2,1-2H3,(H,11,12);2*3-7H,1-2H3,(H,11,12);3-5,7,11H,6H2,1-2H3;3-6H,1-2H3,(H,10,11,12). The van der Waals surface area contributed by atoms with Gasteiger partial charge in [0.05, 0.1) is 53.2 Å². The van der Waals surface area contributed by atoms with Crippen LogP contribution in [0.5, 0.6) is 17.2 Å². The van der Waals surface area contributed by atoms with Gasteiger partial charge in [-0.1, -0.05) is 185 Å². The van der Waals surface area contributed by atoms with Crippen LogP contribution in [0.15, 0.2) is 171 Å². The van der Waals surface area contributed by atoms with Gasteiger partial charge in [0.1, 0.15) is 24.7 Å². The topological polar surface area (TPSA) is 212 Å². The Morgan fingerprint density at radius 2 is 0.721 bits per heavy atom. The van der Waals surface area contributed by atoms with Crippen molar-refractivity contribution in [1.82, 2.24) is 40.3 Å². The van der Waals surface area contributed by atoms with Crippen molar-refractivity contribution < 1.29 is 14.2 Å². The smallest absolute Gasteiger partial charge is 0.168 e. The number of H-pyrrole nitrogens is 3. The number of nitrogens with zero attached hydrogens (tertiary/aromatic N) is 5. The van der Waals surface area contributed by atoms with Gasteiger partial charge >= 0.3 is 0 Å². The van der Waals surface area contributed by atoms with Gasteiger partial charge in [-0.3, -0.25) is 10.2 Å². The third kappa shape index (κ3) is 23.7. The van der Waals surface area contributed by atoms with E-state index in [0.29, 0.717) is 60.0 Å². The molecular weight excluding hydrogens is 1370 g/mol. The van der Waals surface area contributed by atoms with Crippen molar-refractivity contribution in [3.63, 3.8) is 0 Å². The maximum absolute atomic E-state index is 5.55. The van der Waals surface area contributed by atoms with Crippen LogP contribution in [0.3, 0.4) is 0 Å². The Morgan fingerprint density at radius 3 is 1.30 bits per heavy atom. The number of benzene rings is 7. The third-order valence-electron chi connectivity index (χ3n) is 20.7. The highest BCUT2D eigenvalue weighted by atomic mass is 16.5. The molecule has 6 aliphatic rings. The Morgan fingerprint density at radius 1 is 0.306 bits per heavy atom. The summed E-state index contributed by atoms with van der Waals surface area (Å²) < 4.78 is 16.4. The van der Waals surface area contributed by atoms with E-state index in [1.807, 2.05) is 18.6 Å². The fourth-order valence-electron chi connectivity index (χ4n) is 13.2. The molecule has 0 spiro atoms. The van der Waals surface area contributed by atoms with Gasteiger partial charge < -0.3 is 51.1 Å². The highest BCUT2D eigenvalue weighted by Gasteiger charge is 2.18. The molecule has 5 aromatic heterocycles. The summed E-state index contributed by atoms with van der Waals surface area (Å²) in [5.74, 6) is 9.02. The van der Waals surface area contributed by atoms with Gasteiger partial charge in [-0.25, -0.2) is 15.0 Å². The number of aromatic nitrogens is 8. The van der Waals surface area contributed by atoms with Crippen molar-refractivity contribution in [1.29, 1.82) is 0 Å². The second kappa shape index (κ2) is 40.4. The molecule has 6 aliphatic heterocycles. The van der Waals surface area contributed by atoms with Crippen LogP contribution in [0.2, 0.25) is 0 Å². The molecule has 0 atom stereocenters. The van der Waals surface area contributed by atoms with Gasteiger partial charge in [0.2, 0.25) is 0 Å². The van der Waals surface area contributed by atoms with Crippen LogP contribution in [0.1, 0.15) is 251 Å². The van der Waals surface area contributed by atoms with Crippen molar-refractivity contribution in [2.45, 2.75) is 204 Å². The van der Waals surface area contributed by atoms with E-state index in [0.717, 1.165) is 108 Å². The molecule has 0 bridgehead atoms. The number of pyridine rings is 2. The highest BCUT2D eigenvalue weighted by Crippen LogP contribution is 2.35. The number of rotatable bonds is 9. The van der Waals surface area contributed by atoms with Crippen molar-refractivity contribution in [2.24, 2.45) is 0 Å². The van der Waals surface area contributed by atoms with E-state index in [-0.39, 0.29) is 0 Å². The summed E-state index contributed by atoms with van der Waals surface area (Å²) in [7, 11) is 0. The number of aryl methyl sites for hydroxylation is 1. The summed E-state index contributed by atoms with van der Waals surface area (Å²) >= 11 is 0. The summed E-state index contributed by atoms with van der Waals surface area (Å²) in [6.45, 7) is 46.8. The zero-order chi connectivity index (χ0) is 79.1. The van der Waals surface area contributed by atoms with E-state index in [1.54, 1.807) is 12.5 Å². The minimum atomic E-state index is 0.503. The highest BCUT2D eigenvalue weighted by molar-refractivity contribution is 5.79. The van der Waals surface area contributed by atoms with Gasteiger partial charge in [0, 0.05) is 66.4 Å². The van der Waals surface area contributed by atoms with E-state index in [2.05, 4.69) is 336 Å². The van der Waals surface area contributed by atoms with Crippen molar-refractivity contribution in [2.75, 3.05) is 84.6 Å². The van der Waals surface area contributed by atoms with E-state index in [9.17, 15) is 0 Å². The quantitative estimate of drug-likeness (QED) is 0.0658. The first kappa shape index (κ1) is 82.9. The SMILES string of the molecule is CC(C)c1ccc2[nH]ncc2c1.CC(C)c1ccc2c(c1)CCCN2.CC(C)c1ccc2c(c1)CCN2.CC(C)c1ccc2c(c1)CCN2.CC(C)c1ccc2c(c1)OCCN2.CC(C)c1ccc2c(c1)OCN2.CC(C)c1ccc2nc[nH]c2c1.CC(C)c1cnc2[nH]ncc2c1.CC(C)c1cnc2c(c1)OCCN2. The van der Waals surface area contributed by atoms with Crippen LogP contribution >= 0.6 is 0 Å². The minimum absolute atomic E-state index is 0.503. The lowest BCUT2D eigenvalue weighted by molar-refractivity contribution is 0.321. The molecule has 17 heteroatoms. The number of imidazole rings is 1. The molecule has 17 nitrogen and oxygen atoms in total. The van der Waals surface area contributed by atoms with Gasteiger partial charge in [-0.05, 0) is 225 Å². The molecule has 0 fully saturated rings. The molecule has 0 saturated carbocycles. The fraction of sp³-hybridized carbons (Fsp3) is 0.415. The summed E-state index contributed by atoms with van der Waals surface area (Å²) in [6, 6.07) is 50.0. The molecule has 18 rings (SSSR count). The van der Waals surface area contributed by atoms with Crippen LogP contribution in [0, 0.1) is 0 Å². The number of nitrogens with one attached hydrogen (secondary N) is 9. The van der Waals surface area contributed by atoms with E-state index in [1.165, 1.54) is 115 Å². The lowest BCUT2D eigenvalue weighted by Gasteiger charge is -2.20. The first-order valence-electron chi connectivity index (χ1n) is 40.6. The second-order valence-corrected chi connectivity index (χ2v) is 32.1. The number of aromatic amines is 3. The first-order valence-corrected chi connectivity index (χ1v) is 40.6. The molecule has 0 unspecified atom stereocenters. The van der Waals surface area contributed by atoms with Crippen molar-refractivity contribution in [3.8, 4) is 17.2 Å².